The quantitative estimate of drug-likeness (QED) is 0.157. The van der Waals surface area contributed by atoms with Gasteiger partial charge >= 0.3 is 18.0 Å². The van der Waals surface area contributed by atoms with Crippen LogP contribution in [0.1, 0.15) is 26.3 Å². The maximum Gasteiger partial charge on any atom is 0.435 e. The number of halogens is 10. The van der Waals surface area contributed by atoms with Gasteiger partial charge in [-0.05, 0) is 74.9 Å². The highest BCUT2D eigenvalue weighted by Gasteiger charge is 2.73. The van der Waals surface area contributed by atoms with E-state index in [0.717, 1.165) is 17.0 Å². The summed E-state index contributed by atoms with van der Waals surface area (Å²) < 4.78 is 108. The van der Waals surface area contributed by atoms with Gasteiger partial charge in [0.1, 0.15) is 0 Å². The van der Waals surface area contributed by atoms with Gasteiger partial charge in [0.15, 0.2) is 5.82 Å². The van der Waals surface area contributed by atoms with Gasteiger partial charge in [0, 0.05) is 19.2 Å². The van der Waals surface area contributed by atoms with Crippen LogP contribution in [-0.2, 0) is 5.67 Å². The SMILES string of the molecule is [C-]#[N+]CN(C(=O)c1ccccc1)c1cccc(C(=O)Nc2c(Br)cc(C(F)(C(F)(F)F)C(F)(F)F)cc2I)c1F. The molecule has 3 rings (SSSR count). The molecule has 0 aliphatic rings. The van der Waals surface area contributed by atoms with Gasteiger partial charge in [-0.15, -0.1) is 0 Å². The van der Waals surface area contributed by atoms with Crippen LogP contribution >= 0.6 is 38.5 Å². The fourth-order valence-corrected chi connectivity index (χ4v) is 5.21. The van der Waals surface area contributed by atoms with Crippen LogP contribution in [0, 0.1) is 16.0 Å². The Balaban J connectivity index is 2.00. The lowest BCUT2D eigenvalue weighted by Gasteiger charge is -2.31. The summed E-state index contributed by atoms with van der Waals surface area (Å²) in [6, 6.07) is 11.4. The summed E-state index contributed by atoms with van der Waals surface area (Å²) in [4.78, 5) is 29.8. The number of nitrogens with one attached hydrogen (secondary N) is 1. The first kappa shape index (κ1) is 31.3. The van der Waals surface area contributed by atoms with Crippen molar-refractivity contribution in [3.63, 3.8) is 0 Å². The summed E-state index contributed by atoms with van der Waals surface area (Å²) in [7, 11) is 0. The molecule has 0 spiro atoms. The summed E-state index contributed by atoms with van der Waals surface area (Å²) in [6.45, 7) is 6.53. The fraction of sp³-hybridized carbons (Fsp3) is 0.160. The average molecular weight is 746 g/mol. The Morgan fingerprint density at radius 1 is 0.950 bits per heavy atom. The third-order valence-corrected chi connectivity index (χ3v) is 6.93. The van der Waals surface area contributed by atoms with E-state index in [0.29, 0.717) is 0 Å². The Labute approximate surface area is 243 Å². The van der Waals surface area contributed by atoms with Gasteiger partial charge < -0.3 is 5.32 Å². The number of benzene rings is 3. The lowest BCUT2D eigenvalue weighted by atomic mass is 9.94. The van der Waals surface area contributed by atoms with Crippen molar-refractivity contribution < 1.29 is 44.7 Å². The highest BCUT2D eigenvalue weighted by Crippen LogP contribution is 2.54. The van der Waals surface area contributed by atoms with Gasteiger partial charge in [-0.1, -0.05) is 24.3 Å². The Morgan fingerprint density at radius 3 is 2.08 bits per heavy atom. The number of alkyl halides is 7. The van der Waals surface area contributed by atoms with E-state index in [1.165, 1.54) is 40.8 Å². The molecule has 0 aliphatic heterocycles. The number of hydrogen-bond donors (Lipinski definition) is 1. The van der Waals surface area contributed by atoms with Crippen molar-refractivity contribution >= 4 is 61.7 Å². The minimum atomic E-state index is -6.35. The zero-order chi connectivity index (χ0) is 30.0. The molecule has 40 heavy (non-hydrogen) atoms. The average Bonchev–Trinajstić information content (AvgIpc) is 2.87. The highest BCUT2D eigenvalue weighted by molar-refractivity contribution is 14.1. The molecule has 0 radical (unpaired) electrons. The largest absolute Gasteiger partial charge is 0.435 e. The molecule has 0 bridgehead atoms. The first-order chi connectivity index (χ1) is 18.5. The molecule has 15 heteroatoms. The van der Waals surface area contributed by atoms with Crippen LogP contribution in [0.25, 0.3) is 4.85 Å². The van der Waals surface area contributed by atoms with E-state index in [1.54, 1.807) is 18.2 Å². The minimum Gasteiger partial charge on any atom is -0.320 e. The molecule has 0 saturated heterocycles. The molecule has 3 aromatic rings. The zero-order valence-electron chi connectivity index (χ0n) is 19.5. The zero-order valence-corrected chi connectivity index (χ0v) is 23.2. The summed E-state index contributed by atoms with van der Waals surface area (Å²) in [5.41, 5.74) is -8.83. The maximum absolute atomic E-state index is 15.5. The molecule has 0 heterocycles. The highest BCUT2D eigenvalue weighted by atomic mass is 127. The molecule has 1 N–H and O–H groups in total. The van der Waals surface area contributed by atoms with Gasteiger partial charge in [-0.2, -0.15) is 26.3 Å². The molecule has 0 aliphatic carbocycles. The van der Waals surface area contributed by atoms with Crippen LogP contribution in [0.5, 0.6) is 0 Å². The van der Waals surface area contributed by atoms with Crippen molar-refractivity contribution in [1.29, 1.82) is 0 Å². The Morgan fingerprint density at radius 2 is 1.55 bits per heavy atom. The Bertz CT molecular complexity index is 1450. The van der Waals surface area contributed by atoms with Crippen LogP contribution < -0.4 is 10.2 Å². The molecule has 0 unspecified atom stereocenters. The lowest BCUT2D eigenvalue weighted by Crippen LogP contribution is -2.50. The van der Waals surface area contributed by atoms with Crippen molar-refractivity contribution in [2.24, 2.45) is 0 Å². The number of nitrogens with zero attached hydrogens (tertiary/aromatic N) is 2. The molecule has 0 saturated carbocycles. The minimum absolute atomic E-state index is 0.126. The number of hydrogen-bond acceptors (Lipinski definition) is 2. The van der Waals surface area contributed by atoms with Gasteiger partial charge in [-0.25, -0.2) is 20.3 Å². The molecule has 5 nitrogen and oxygen atoms in total. The number of carbonyl (C=O) groups excluding carboxylic acids is 2. The summed E-state index contributed by atoms with van der Waals surface area (Å²) in [5, 5.41) is 2.17. The number of rotatable bonds is 6. The van der Waals surface area contributed by atoms with E-state index >= 15 is 4.39 Å². The molecular formula is C25H13BrF8IN3O2. The maximum atomic E-state index is 15.5. The van der Waals surface area contributed by atoms with Gasteiger partial charge in [-0.3, -0.25) is 14.4 Å². The third kappa shape index (κ3) is 5.92. The van der Waals surface area contributed by atoms with E-state index in [1.807, 2.05) is 0 Å². The van der Waals surface area contributed by atoms with Crippen molar-refractivity contribution in [3.8, 4) is 0 Å². The topological polar surface area (TPSA) is 53.8 Å². The normalized spacial score (nSPS) is 12.0. The first-order valence-electron chi connectivity index (χ1n) is 10.7. The molecule has 210 valence electrons. The first-order valence-corrected chi connectivity index (χ1v) is 12.5. The molecule has 3 aromatic carbocycles. The van der Waals surface area contributed by atoms with E-state index in [-0.39, 0.29) is 23.4 Å². The molecule has 0 atom stereocenters. The standard InChI is InChI=1S/C25H13BrF8IN3O2/c1-36-12-38(22(40)13-6-3-2-4-7-13)18-9-5-8-15(19(18)27)21(39)37-20-16(26)10-14(11-17(20)35)23(28,24(29,30)31)25(32,33)34/h2-11H,12H2,(H,37,39). The van der Waals surface area contributed by atoms with Gasteiger partial charge in [0.05, 0.1) is 16.9 Å². The number of carbonyl (C=O) groups is 2. The van der Waals surface area contributed by atoms with Gasteiger partial charge in [0.25, 0.3) is 18.5 Å². The van der Waals surface area contributed by atoms with E-state index < -0.39 is 67.2 Å². The molecule has 2 amide bonds. The summed E-state index contributed by atoms with van der Waals surface area (Å²) >= 11 is 4.03. The van der Waals surface area contributed by atoms with Crippen LogP contribution in [0.15, 0.2) is 65.1 Å². The molecule has 0 fully saturated rings. The third-order valence-electron chi connectivity index (χ3n) is 5.45. The van der Waals surface area contributed by atoms with Gasteiger partial charge in [0.2, 0.25) is 0 Å². The Kier molecular flexibility index (Phi) is 9.14. The van der Waals surface area contributed by atoms with Crippen molar-refractivity contribution in [1.82, 2.24) is 0 Å². The second-order valence-electron chi connectivity index (χ2n) is 7.96. The molecular weight excluding hydrogens is 733 g/mol. The predicted octanol–water partition coefficient (Wildman–Crippen LogP) is 8.26. The predicted molar refractivity (Wildman–Crippen MR) is 141 cm³/mol. The fourth-order valence-electron chi connectivity index (χ4n) is 3.52. The second-order valence-corrected chi connectivity index (χ2v) is 9.98. The summed E-state index contributed by atoms with van der Waals surface area (Å²) in [5.74, 6) is -3.17. The monoisotopic (exact) mass is 745 g/mol. The summed E-state index contributed by atoms with van der Waals surface area (Å²) in [6.07, 6.45) is -12.7. The van der Waals surface area contributed by atoms with Crippen molar-refractivity contribution in [2.75, 3.05) is 16.9 Å². The van der Waals surface area contributed by atoms with Crippen molar-refractivity contribution in [2.45, 2.75) is 18.0 Å². The smallest absolute Gasteiger partial charge is 0.320 e. The van der Waals surface area contributed by atoms with E-state index in [4.69, 9.17) is 6.57 Å². The van der Waals surface area contributed by atoms with Crippen molar-refractivity contribution in [3.05, 3.63) is 103 Å². The lowest BCUT2D eigenvalue weighted by molar-refractivity contribution is -0.348. The van der Waals surface area contributed by atoms with Crippen LogP contribution in [0.2, 0.25) is 0 Å². The van der Waals surface area contributed by atoms with Crippen LogP contribution in [-0.4, -0.2) is 30.8 Å². The van der Waals surface area contributed by atoms with Crippen LogP contribution in [0.3, 0.4) is 0 Å². The number of anilines is 2. The van der Waals surface area contributed by atoms with E-state index in [9.17, 15) is 40.3 Å². The Hall–Kier alpha value is -3.26. The number of amides is 2. The second kappa shape index (κ2) is 11.7. The van der Waals surface area contributed by atoms with E-state index in [2.05, 4.69) is 26.1 Å². The van der Waals surface area contributed by atoms with Crippen LogP contribution in [0.4, 0.5) is 46.5 Å². The molecule has 0 aromatic heterocycles.